The van der Waals surface area contributed by atoms with Gasteiger partial charge in [0.15, 0.2) is 12.2 Å². The normalized spacial score (nSPS) is 16.3. The van der Waals surface area contributed by atoms with Crippen LogP contribution in [0.15, 0.2) is 54.6 Å². The van der Waals surface area contributed by atoms with Gasteiger partial charge in [-0.3, -0.25) is 23.0 Å². The smallest absolute Gasteiger partial charge is 0.340 e. The van der Waals surface area contributed by atoms with Crippen LogP contribution in [0, 0.1) is 0 Å². The first-order chi connectivity index (χ1) is 19.5. The highest BCUT2D eigenvalue weighted by Gasteiger charge is 2.54. The lowest BCUT2D eigenvalue weighted by molar-refractivity contribution is -0.132. The summed E-state index contributed by atoms with van der Waals surface area (Å²) < 4.78 is 47.1. The maximum absolute atomic E-state index is 13.0. The minimum Gasteiger partial charge on any atom is -0.508 e. The molecule has 1 amide bonds. The standard InChI is InChI=1S/C24H19NO14P2/c26-12-2-5-15-18(8-12)36-19-9-13(27)3-6-16(19)24(15)17-7-11(1-4-14(17)22(30)37-24)21(29)35-10-20(28)25-23(38-40(31)32)39-41(33)34/h1-9,23,26-27,40-41H,10H2,(H,25,28)(H,31,32)(H,33,34). The van der Waals surface area contributed by atoms with Crippen LogP contribution in [0.4, 0.5) is 0 Å². The SMILES string of the molecule is O=C(COC(=O)c1ccc2c(c1)C1(OC2=O)c2ccc(O)cc2Oc2cc(O)ccc21)NC(O[PH](=O)O)O[PH](=O)O. The highest BCUT2D eigenvalue weighted by Crippen LogP contribution is 2.57. The molecule has 0 saturated heterocycles. The molecule has 41 heavy (non-hydrogen) atoms. The average Bonchev–Trinajstić information content (AvgIpc) is 3.18. The molecule has 17 heteroatoms. The number of aromatic hydroxyl groups is 2. The molecule has 0 aliphatic carbocycles. The second kappa shape index (κ2) is 11.0. The summed E-state index contributed by atoms with van der Waals surface area (Å²) in [6.07, 6.45) is -2.05. The summed E-state index contributed by atoms with van der Waals surface area (Å²) in [4.78, 5) is 55.7. The van der Waals surface area contributed by atoms with Crippen molar-refractivity contribution in [1.82, 2.24) is 5.32 Å². The molecule has 3 aromatic rings. The lowest BCUT2D eigenvalue weighted by Crippen LogP contribution is -2.39. The van der Waals surface area contributed by atoms with Gasteiger partial charge < -0.3 is 39.5 Å². The van der Waals surface area contributed by atoms with Crippen LogP contribution in [0.25, 0.3) is 0 Å². The Labute approximate surface area is 230 Å². The summed E-state index contributed by atoms with van der Waals surface area (Å²) in [6, 6.07) is 12.2. The highest BCUT2D eigenvalue weighted by atomic mass is 31.1. The van der Waals surface area contributed by atoms with E-state index in [1.54, 1.807) is 0 Å². The minimum atomic E-state index is -3.67. The molecule has 214 valence electrons. The van der Waals surface area contributed by atoms with Crippen LogP contribution in [-0.2, 0) is 38.0 Å². The van der Waals surface area contributed by atoms with Crippen molar-refractivity contribution in [1.29, 1.82) is 0 Å². The number of hydrogen-bond acceptors (Lipinski definition) is 12. The van der Waals surface area contributed by atoms with E-state index in [4.69, 9.17) is 24.0 Å². The number of benzene rings is 3. The molecule has 2 atom stereocenters. The van der Waals surface area contributed by atoms with Crippen LogP contribution in [-0.4, -0.2) is 50.9 Å². The Morgan fingerprint density at radius 3 is 2.02 bits per heavy atom. The average molecular weight is 607 g/mol. The number of hydrogen-bond donors (Lipinski definition) is 5. The summed E-state index contributed by atoms with van der Waals surface area (Å²) in [7, 11) is -7.35. The molecular weight excluding hydrogens is 588 g/mol. The summed E-state index contributed by atoms with van der Waals surface area (Å²) in [6.45, 7) is -0.948. The molecule has 1 spiro atoms. The maximum atomic E-state index is 13.0. The van der Waals surface area contributed by atoms with Crippen molar-refractivity contribution in [2.24, 2.45) is 0 Å². The summed E-state index contributed by atoms with van der Waals surface area (Å²) in [5.74, 6) is -2.87. The number of fused-ring (bicyclic) bond motifs is 6. The number of carbonyl (C=O) groups excluding carboxylic acids is 3. The van der Waals surface area contributed by atoms with Crippen molar-refractivity contribution in [3.05, 3.63) is 82.4 Å². The third-order valence-corrected chi connectivity index (χ3v) is 6.87. The Kier molecular flexibility index (Phi) is 7.58. The Balaban J connectivity index is 1.46. The van der Waals surface area contributed by atoms with Gasteiger partial charge >= 0.3 is 28.4 Å². The van der Waals surface area contributed by atoms with E-state index in [-0.39, 0.29) is 39.7 Å². The second-order valence-corrected chi connectivity index (χ2v) is 10.1. The molecule has 0 aromatic heterocycles. The van der Waals surface area contributed by atoms with E-state index < -0.39 is 53.0 Å². The predicted octanol–water partition coefficient (Wildman–Crippen LogP) is 2.02. The Hall–Kier alpha value is -4.23. The van der Waals surface area contributed by atoms with Gasteiger partial charge in [-0.15, -0.1) is 0 Å². The Bertz CT molecular complexity index is 1570. The van der Waals surface area contributed by atoms with Gasteiger partial charge in [0.2, 0.25) is 0 Å². The zero-order valence-electron chi connectivity index (χ0n) is 20.4. The number of rotatable bonds is 8. The molecule has 2 aliphatic rings. The first kappa shape index (κ1) is 28.3. The molecule has 3 aromatic carbocycles. The monoisotopic (exact) mass is 607 g/mol. The number of amides is 1. The van der Waals surface area contributed by atoms with Gasteiger partial charge in [-0.05, 0) is 42.5 Å². The van der Waals surface area contributed by atoms with E-state index in [1.165, 1.54) is 54.6 Å². The van der Waals surface area contributed by atoms with E-state index in [2.05, 4.69) is 9.05 Å². The minimum absolute atomic E-state index is 0.105. The van der Waals surface area contributed by atoms with Crippen LogP contribution in [0.1, 0.15) is 37.4 Å². The highest BCUT2D eigenvalue weighted by molar-refractivity contribution is 7.32. The molecule has 0 saturated carbocycles. The largest absolute Gasteiger partial charge is 0.508 e. The van der Waals surface area contributed by atoms with Crippen LogP contribution in [0.2, 0.25) is 0 Å². The van der Waals surface area contributed by atoms with Crippen molar-refractivity contribution in [3.8, 4) is 23.0 Å². The van der Waals surface area contributed by atoms with Gasteiger partial charge in [0, 0.05) is 28.8 Å². The Morgan fingerprint density at radius 2 is 1.46 bits per heavy atom. The third-order valence-electron chi connectivity index (χ3n) is 6.04. The van der Waals surface area contributed by atoms with Gasteiger partial charge in [0.05, 0.1) is 11.1 Å². The van der Waals surface area contributed by atoms with Gasteiger partial charge in [-0.1, -0.05) is 0 Å². The molecular formula is C24H19NO14P2. The quantitative estimate of drug-likeness (QED) is 0.140. The topological polar surface area (TPSA) is 224 Å². The van der Waals surface area contributed by atoms with Crippen molar-refractivity contribution in [3.63, 3.8) is 0 Å². The van der Waals surface area contributed by atoms with Crippen molar-refractivity contribution < 1.29 is 66.8 Å². The first-order valence-electron chi connectivity index (χ1n) is 11.5. The fourth-order valence-corrected chi connectivity index (χ4v) is 5.16. The van der Waals surface area contributed by atoms with Gasteiger partial charge in [0.25, 0.3) is 12.3 Å². The van der Waals surface area contributed by atoms with Crippen molar-refractivity contribution in [2.45, 2.75) is 12.0 Å². The van der Waals surface area contributed by atoms with Gasteiger partial charge in [-0.25, -0.2) is 9.59 Å². The van der Waals surface area contributed by atoms with Gasteiger partial charge in [0.1, 0.15) is 23.0 Å². The zero-order valence-corrected chi connectivity index (χ0v) is 22.4. The van der Waals surface area contributed by atoms with Crippen LogP contribution in [0.5, 0.6) is 23.0 Å². The van der Waals surface area contributed by atoms with Crippen LogP contribution in [0.3, 0.4) is 0 Å². The van der Waals surface area contributed by atoms with Gasteiger partial charge in [-0.2, -0.15) is 0 Å². The van der Waals surface area contributed by atoms with Crippen LogP contribution >= 0.6 is 16.5 Å². The maximum Gasteiger partial charge on any atom is 0.340 e. The zero-order chi connectivity index (χ0) is 29.5. The summed E-state index contributed by atoms with van der Waals surface area (Å²) >= 11 is 0. The van der Waals surface area contributed by atoms with E-state index in [1.807, 2.05) is 5.32 Å². The number of phenols is 2. The molecule has 2 aliphatic heterocycles. The molecule has 0 radical (unpaired) electrons. The predicted molar refractivity (Wildman–Crippen MR) is 135 cm³/mol. The molecule has 15 nitrogen and oxygen atoms in total. The molecule has 0 bridgehead atoms. The van der Waals surface area contributed by atoms with E-state index in [0.29, 0.717) is 11.1 Å². The van der Waals surface area contributed by atoms with E-state index >= 15 is 0 Å². The fourth-order valence-electron chi connectivity index (χ4n) is 4.48. The third kappa shape index (κ3) is 5.42. The van der Waals surface area contributed by atoms with Crippen LogP contribution < -0.4 is 10.1 Å². The van der Waals surface area contributed by atoms with E-state index in [9.17, 15) is 33.7 Å². The lowest BCUT2D eigenvalue weighted by Gasteiger charge is -2.36. The number of ether oxygens (including phenoxy) is 3. The molecule has 0 fully saturated rings. The molecule has 2 unspecified atom stereocenters. The van der Waals surface area contributed by atoms with Crippen molar-refractivity contribution in [2.75, 3.05) is 6.61 Å². The number of carbonyl (C=O) groups is 3. The second-order valence-electron chi connectivity index (χ2n) is 8.54. The number of nitrogens with one attached hydrogen (secondary N) is 1. The molecule has 5 rings (SSSR count). The van der Waals surface area contributed by atoms with E-state index in [0.717, 1.165) is 0 Å². The summed E-state index contributed by atoms with van der Waals surface area (Å²) in [5.41, 5.74) is -0.783. The lowest BCUT2D eigenvalue weighted by atomic mass is 9.77. The molecule has 5 N–H and O–H groups in total. The number of esters is 2. The number of phenolic OH excluding ortho intramolecular Hbond substituents is 2. The van der Waals surface area contributed by atoms with Crippen molar-refractivity contribution >= 4 is 34.4 Å². The molecule has 2 heterocycles. The summed E-state index contributed by atoms with van der Waals surface area (Å²) in [5, 5.41) is 21.9. The fraction of sp³-hybridized carbons (Fsp3) is 0.125. The first-order valence-corrected chi connectivity index (χ1v) is 14.0. The Morgan fingerprint density at radius 1 is 0.878 bits per heavy atom.